The summed E-state index contributed by atoms with van der Waals surface area (Å²) in [5, 5.41) is 6.17. The van der Waals surface area contributed by atoms with Gasteiger partial charge in [0, 0.05) is 35.1 Å². The first-order valence-corrected chi connectivity index (χ1v) is 7.78. The summed E-state index contributed by atoms with van der Waals surface area (Å²) >= 11 is 3.44. The van der Waals surface area contributed by atoms with Crippen molar-refractivity contribution in [1.82, 2.24) is 5.32 Å². The number of fused-ring (bicyclic) bond motifs is 1. The van der Waals surface area contributed by atoms with Crippen LogP contribution in [0.5, 0.6) is 11.5 Å². The standard InChI is InChI=1S/C15H21BrN2O3/c1-15(2,3)17-5-4-14(19)18-11-9-13-12(8-10(11)16)20-6-7-21-13/h8-9,17H,4-7H2,1-3H3,(H,18,19). The van der Waals surface area contributed by atoms with Gasteiger partial charge in [-0.25, -0.2) is 0 Å². The number of halogens is 1. The summed E-state index contributed by atoms with van der Waals surface area (Å²) < 4.78 is 11.8. The molecule has 21 heavy (non-hydrogen) atoms. The van der Waals surface area contributed by atoms with Crippen LogP contribution in [0, 0.1) is 0 Å². The molecule has 0 bridgehead atoms. The van der Waals surface area contributed by atoms with Gasteiger partial charge in [-0.3, -0.25) is 4.79 Å². The Labute approximate surface area is 133 Å². The Kier molecular flexibility index (Phi) is 5.11. The van der Waals surface area contributed by atoms with Crippen molar-refractivity contribution in [2.24, 2.45) is 0 Å². The van der Waals surface area contributed by atoms with E-state index in [2.05, 4.69) is 47.3 Å². The number of anilines is 1. The average Bonchev–Trinajstić information content (AvgIpc) is 2.38. The first-order chi connectivity index (χ1) is 9.85. The van der Waals surface area contributed by atoms with Gasteiger partial charge in [0.15, 0.2) is 11.5 Å². The van der Waals surface area contributed by atoms with E-state index in [0.717, 1.165) is 4.47 Å². The smallest absolute Gasteiger partial charge is 0.225 e. The molecule has 1 aromatic rings. The predicted molar refractivity (Wildman–Crippen MR) is 86.1 cm³/mol. The highest BCUT2D eigenvalue weighted by molar-refractivity contribution is 9.10. The summed E-state index contributed by atoms with van der Waals surface area (Å²) in [7, 11) is 0. The minimum atomic E-state index is -0.0378. The molecule has 1 aromatic carbocycles. The summed E-state index contributed by atoms with van der Waals surface area (Å²) in [5.41, 5.74) is 0.706. The highest BCUT2D eigenvalue weighted by Gasteiger charge is 2.16. The fraction of sp³-hybridized carbons (Fsp3) is 0.533. The number of carbonyl (C=O) groups excluding carboxylic acids is 1. The third-order valence-corrected chi connectivity index (χ3v) is 3.57. The first-order valence-electron chi connectivity index (χ1n) is 6.99. The van der Waals surface area contributed by atoms with E-state index in [-0.39, 0.29) is 11.4 Å². The molecule has 5 nitrogen and oxygen atoms in total. The zero-order chi connectivity index (χ0) is 15.5. The van der Waals surface area contributed by atoms with Crippen molar-refractivity contribution in [3.63, 3.8) is 0 Å². The zero-order valence-electron chi connectivity index (χ0n) is 12.6. The van der Waals surface area contributed by atoms with Gasteiger partial charge in [-0.05, 0) is 36.7 Å². The van der Waals surface area contributed by atoms with Crippen molar-refractivity contribution in [1.29, 1.82) is 0 Å². The highest BCUT2D eigenvalue weighted by Crippen LogP contribution is 2.38. The molecule has 1 aliphatic heterocycles. The van der Waals surface area contributed by atoms with E-state index in [1.165, 1.54) is 0 Å². The van der Waals surface area contributed by atoms with E-state index >= 15 is 0 Å². The summed E-state index contributed by atoms with van der Waals surface area (Å²) in [4.78, 5) is 12.0. The molecule has 0 atom stereocenters. The number of benzene rings is 1. The van der Waals surface area contributed by atoms with Crippen molar-refractivity contribution in [2.45, 2.75) is 32.7 Å². The second-order valence-corrected chi connectivity index (χ2v) is 6.81. The number of carbonyl (C=O) groups is 1. The molecule has 0 radical (unpaired) electrons. The first kappa shape index (κ1) is 16.1. The van der Waals surface area contributed by atoms with Gasteiger partial charge in [-0.2, -0.15) is 0 Å². The number of amides is 1. The van der Waals surface area contributed by atoms with Gasteiger partial charge in [0.1, 0.15) is 13.2 Å². The van der Waals surface area contributed by atoms with Crippen LogP contribution in [0.3, 0.4) is 0 Å². The van der Waals surface area contributed by atoms with Crippen LogP contribution in [0.2, 0.25) is 0 Å². The molecule has 2 N–H and O–H groups in total. The Hall–Kier alpha value is -1.27. The molecule has 1 amide bonds. The molecule has 0 unspecified atom stereocenters. The molecular weight excluding hydrogens is 336 g/mol. The van der Waals surface area contributed by atoms with Gasteiger partial charge in [0.25, 0.3) is 0 Å². The average molecular weight is 357 g/mol. The number of hydrogen-bond acceptors (Lipinski definition) is 4. The Bertz CT molecular complexity index is 526. The number of hydrogen-bond donors (Lipinski definition) is 2. The lowest BCUT2D eigenvalue weighted by Gasteiger charge is -2.21. The van der Waals surface area contributed by atoms with Crippen LogP contribution >= 0.6 is 15.9 Å². The Balaban J connectivity index is 1.94. The van der Waals surface area contributed by atoms with Gasteiger partial charge in [0.2, 0.25) is 5.91 Å². The van der Waals surface area contributed by atoms with Crippen LogP contribution in [-0.4, -0.2) is 31.2 Å². The minimum absolute atomic E-state index is 0.0118. The Morgan fingerprint density at radius 2 is 1.86 bits per heavy atom. The third kappa shape index (κ3) is 4.89. The van der Waals surface area contributed by atoms with E-state index in [1.54, 1.807) is 6.07 Å². The molecule has 0 spiro atoms. The second-order valence-electron chi connectivity index (χ2n) is 5.95. The maximum Gasteiger partial charge on any atom is 0.225 e. The second kappa shape index (κ2) is 6.66. The van der Waals surface area contributed by atoms with Gasteiger partial charge < -0.3 is 20.1 Å². The molecule has 0 aromatic heterocycles. The molecule has 1 heterocycles. The summed E-state index contributed by atoms with van der Waals surface area (Å²) in [6.45, 7) is 7.92. The van der Waals surface area contributed by atoms with Gasteiger partial charge >= 0.3 is 0 Å². The van der Waals surface area contributed by atoms with E-state index in [9.17, 15) is 4.79 Å². The number of ether oxygens (including phenoxy) is 2. The number of rotatable bonds is 4. The van der Waals surface area contributed by atoms with Crippen molar-refractivity contribution >= 4 is 27.5 Å². The maximum absolute atomic E-state index is 12.0. The topological polar surface area (TPSA) is 59.6 Å². The molecule has 0 saturated heterocycles. The lowest BCUT2D eigenvalue weighted by atomic mass is 10.1. The van der Waals surface area contributed by atoms with Gasteiger partial charge in [-0.15, -0.1) is 0 Å². The monoisotopic (exact) mass is 356 g/mol. The molecule has 0 saturated carbocycles. The molecule has 0 fully saturated rings. The molecule has 6 heteroatoms. The molecule has 116 valence electrons. The van der Waals surface area contributed by atoms with Gasteiger partial charge in [0.05, 0.1) is 5.69 Å². The van der Waals surface area contributed by atoms with E-state index < -0.39 is 0 Å². The van der Waals surface area contributed by atoms with E-state index in [0.29, 0.717) is 43.4 Å². The summed E-state index contributed by atoms with van der Waals surface area (Å²) in [6, 6.07) is 3.60. The largest absolute Gasteiger partial charge is 0.486 e. The highest BCUT2D eigenvalue weighted by atomic mass is 79.9. The van der Waals surface area contributed by atoms with Crippen LogP contribution in [-0.2, 0) is 4.79 Å². The van der Waals surface area contributed by atoms with Crippen LogP contribution in [0.15, 0.2) is 16.6 Å². The third-order valence-electron chi connectivity index (χ3n) is 2.91. The van der Waals surface area contributed by atoms with Crippen molar-refractivity contribution in [3.05, 3.63) is 16.6 Å². The van der Waals surface area contributed by atoms with Crippen molar-refractivity contribution in [3.8, 4) is 11.5 Å². The minimum Gasteiger partial charge on any atom is -0.486 e. The summed E-state index contributed by atoms with van der Waals surface area (Å²) in [6.07, 6.45) is 0.415. The van der Waals surface area contributed by atoms with Crippen LogP contribution in [0.1, 0.15) is 27.2 Å². The lowest BCUT2D eigenvalue weighted by molar-refractivity contribution is -0.116. The van der Waals surface area contributed by atoms with Crippen LogP contribution in [0.25, 0.3) is 0 Å². The van der Waals surface area contributed by atoms with Crippen molar-refractivity contribution < 1.29 is 14.3 Å². The number of nitrogens with one attached hydrogen (secondary N) is 2. The zero-order valence-corrected chi connectivity index (χ0v) is 14.2. The fourth-order valence-corrected chi connectivity index (χ4v) is 2.35. The summed E-state index contributed by atoms with van der Waals surface area (Å²) in [5.74, 6) is 1.32. The Morgan fingerprint density at radius 1 is 1.24 bits per heavy atom. The quantitative estimate of drug-likeness (QED) is 0.870. The predicted octanol–water partition coefficient (Wildman–Crippen LogP) is 2.94. The normalized spacial score (nSPS) is 13.9. The molecule has 1 aliphatic rings. The maximum atomic E-state index is 12.0. The Morgan fingerprint density at radius 3 is 2.48 bits per heavy atom. The van der Waals surface area contributed by atoms with Crippen molar-refractivity contribution in [2.75, 3.05) is 25.1 Å². The molecular formula is C15H21BrN2O3. The molecule has 2 rings (SSSR count). The lowest BCUT2D eigenvalue weighted by Crippen LogP contribution is -2.37. The van der Waals surface area contributed by atoms with Gasteiger partial charge in [-0.1, -0.05) is 0 Å². The van der Waals surface area contributed by atoms with E-state index in [1.807, 2.05) is 6.07 Å². The fourth-order valence-electron chi connectivity index (χ4n) is 1.92. The van der Waals surface area contributed by atoms with Crippen LogP contribution in [0.4, 0.5) is 5.69 Å². The molecule has 0 aliphatic carbocycles. The van der Waals surface area contributed by atoms with Crippen LogP contribution < -0.4 is 20.1 Å². The SMILES string of the molecule is CC(C)(C)NCCC(=O)Nc1cc2c(cc1Br)OCCO2. The van der Waals surface area contributed by atoms with E-state index in [4.69, 9.17) is 9.47 Å².